The van der Waals surface area contributed by atoms with E-state index in [-0.39, 0.29) is 0 Å². The second-order valence-corrected chi connectivity index (χ2v) is 7.21. The zero-order chi connectivity index (χ0) is 19.6. The van der Waals surface area contributed by atoms with Crippen LogP contribution in [0.15, 0.2) is 39.8 Å². The number of aliphatic imine (C=N–C) groups is 1. The van der Waals surface area contributed by atoms with Gasteiger partial charge in [0.15, 0.2) is 0 Å². The molecule has 0 aliphatic carbocycles. The van der Waals surface area contributed by atoms with Crippen LogP contribution in [0.3, 0.4) is 0 Å². The van der Waals surface area contributed by atoms with Gasteiger partial charge in [0.25, 0.3) is 0 Å². The normalized spacial score (nSPS) is 11.0. The van der Waals surface area contributed by atoms with Crippen molar-refractivity contribution in [2.75, 3.05) is 27.3 Å². The predicted octanol–water partition coefficient (Wildman–Crippen LogP) is 5.17. The summed E-state index contributed by atoms with van der Waals surface area (Å²) in [5.74, 6) is 1.52. The molecule has 1 heterocycles. The standard InChI is InChI=1S/C21H28BrN3O2/c1-5-25(3)15-23-20-14-19(22)21(24-16(20)2)27-13-7-6-8-17-9-11-18(26-4)12-10-17/h9-12,14-15H,5-8,13H2,1-4H3. The van der Waals surface area contributed by atoms with Gasteiger partial charge < -0.3 is 14.4 Å². The van der Waals surface area contributed by atoms with E-state index in [0.717, 1.165) is 47.4 Å². The Bertz CT molecular complexity index is 748. The van der Waals surface area contributed by atoms with Crippen molar-refractivity contribution in [1.82, 2.24) is 9.88 Å². The second kappa shape index (κ2) is 10.9. The van der Waals surface area contributed by atoms with E-state index in [2.05, 4.69) is 45.0 Å². The molecular weight excluding hydrogens is 406 g/mol. The second-order valence-electron chi connectivity index (χ2n) is 6.35. The highest BCUT2D eigenvalue weighted by Crippen LogP contribution is 2.29. The van der Waals surface area contributed by atoms with Crippen LogP contribution in [0.2, 0.25) is 0 Å². The highest BCUT2D eigenvalue weighted by atomic mass is 79.9. The van der Waals surface area contributed by atoms with Gasteiger partial charge in [-0.05, 0) is 72.8 Å². The molecule has 1 aromatic carbocycles. The first-order valence-corrected chi connectivity index (χ1v) is 10.00. The van der Waals surface area contributed by atoms with Crippen LogP contribution in [-0.2, 0) is 6.42 Å². The maximum absolute atomic E-state index is 5.85. The molecule has 0 N–H and O–H groups in total. The monoisotopic (exact) mass is 433 g/mol. The first kappa shape index (κ1) is 21.2. The smallest absolute Gasteiger partial charge is 0.228 e. The molecule has 0 saturated carbocycles. The van der Waals surface area contributed by atoms with Crippen molar-refractivity contribution in [3.8, 4) is 11.6 Å². The molecule has 0 amide bonds. The van der Waals surface area contributed by atoms with Crippen LogP contribution in [0, 0.1) is 6.92 Å². The number of rotatable bonds is 10. The van der Waals surface area contributed by atoms with Crippen LogP contribution in [-0.4, -0.2) is 43.5 Å². The number of hydrogen-bond donors (Lipinski definition) is 0. The van der Waals surface area contributed by atoms with Crippen LogP contribution in [0.5, 0.6) is 11.6 Å². The number of aromatic nitrogens is 1. The average Bonchev–Trinajstić information content (AvgIpc) is 2.69. The van der Waals surface area contributed by atoms with Gasteiger partial charge in [-0.25, -0.2) is 9.98 Å². The molecule has 0 unspecified atom stereocenters. The van der Waals surface area contributed by atoms with E-state index in [1.807, 2.05) is 43.4 Å². The molecule has 27 heavy (non-hydrogen) atoms. The number of aryl methyl sites for hydroxylation is 2. The van der Waals surface area contributed by atoms with E-state index in [0.29, 0.717) is 12.5 Å². The fraction of sp³-hybridized carbons (Fsp3) is 0.429. The summed E-state index contributed by atoms with van der Waals surface area (Å²) in [6, 6.07) is 10.2. The van der Waals surface area contributed by atoms with E-state index in [1.165, 1.54) is 5.56 Å². The molecule has 0 saturated heterocycles. The van der Waals surface area contributed by atoms with Gasteiger partial charge in [-0.2, -0.15) is 0 Å². The van der Waals surface area contributed by atoms with Crippen molar-refractivity contribution in [2.45, 2.75) is 33.1 Å². The molecule has 0 spiro atoms. The minimum Gasteiger partial charge on any atom is -0.497 e. The lowest BCUT2D eigenvalue weighted by molar-refractivity contribution is 0.293. The van der Waals surface area contributed by atoms with Gasteiger partial charge in [0.05, 0.1) is 35.9 Å². The Morgan fingerprint density at radius 2 is 1.96 bits per heavy atom. The van der Waals surface area contributed by atoms with Crippen LogP contribution in [0.25, 0.3) is 0 Å². The fourth-order valence-electron chi connectivity index (χ4n) is 2.42. The molecule has 0 radical (unpaired) electrons. The number of halogens is 1. The van der Waals surface area contributed by atoms with Gasteiger partial charge in [-0.1, -0.05) is 12.1 Å². The predicted molar refractivity (Wildman–Crippen MR) is 115 cm³/mol. The number of pyridine rings is 1. The van der Waals surface area contributed by atoms with Gasteiger partial charge in [0.2, 0.25) is 5.88 Å². The third kappa shape index (κ3) is 6.86. The third-order valence-corrected chi connectivity index (χ3v) is 4.83. The summed E-state index contributed by atoms with van der Waals surface area (Å²) in [4.78, 5) is 11.0. The summed E-state index contributed by atoms with van der Waals surface area (Å²) < 4.78 is 11.9. The van der Waals surface area contributed by atoms with Crippen LogP contribution < -0.4 is 9.47 Å². The number of hydrogen-bond acceptors (Lipinski definition) is 4. The lowest BCUT2D eigenvalue weighted by Gasteiger charge is -2.11. The van der Waals surface area contributed by atoms with Crippen LogP contribution in [0.4, 0.5) is 5.69 Å². The molecule has 0 atom stereocenters. The third-order valence-electron chi connectivity index (χ3n) is 4.26. The molecule has 2 aromatic rings. The average molecular weight is 434 g/mol. The number of nitrogens with zero attached hydrogens (tertiary/aromatic N) is 3. The first-order valence-electron chi connectivity index (χ1n) is 9.20. The summed E-state index contributed by atoms with van der Waals surface area (Å²) in [6.07, 6.45) is 4.88. The SMILES string of the molecule is CCN(C)C=Nc1cc(Br)c(OCCCCc2ccc(OC)cc2)nc1C. The molecule has 146 valence electrons. The van der Waals surface area contributed by atoms with Gasteiger partial charge >= 0.3 is 0 Å². The number of unbranched alkanes of at least 4 members (excludes halogenated alkanes) is 1. The Morgan fingerprint density at radius 3 is 2.63 bits per heavy atom. The van der Waals surface area contributed by atoms with Crippen molar-refractivity contribution < 1.29 is 9.47 Å². The molecule has 2 rings (SSSR count). The summed E-state index contributed by atoms with van der Waals surface area (Å²) in [5.41, 5.74) is 3.01. The Balaban J connectivity index is 1.81. The van der Waals surface area contributed by atoms with E-state index >= 15 is 0 Å². The van der Waals surface area contributed by atoms with Crippen molar-refractivity contribution >= 4 is 28.0 Å². The minimum atomic E-state index is 0.625. The van der Waals surface area contributed by atoms with Crippen LogP contribution in [0.1, 0.15) is 31.0 Å². The summed E-state index contributed by atoms with van der Waals surface area (Å²) in [7, 11) is 3.67. The maximum atomic E-state index is 5.85. The highest BCUT2D eigenvalue weighted by molar-refractivity contribution is 9.10. The topological polar surface area (TPSA) is 47.0 Å². The molecule has 0 bridgehead atoms. The lowest BCUT2D eigenvalue weighted by atomic mass is 10.1. The molecule has 1 aromatic heterocycles. The fourth-order valence-corrected chi connectivity index (χ4v) is 2.84. The van der Waals surface area contributed by atoms with Crippen molar-refractivity contribution in [3.05, 3.63) is 46.1 Å². The van der Waals surface area contributed by atoms with E-state index in [9.17, 15) is 0 Å². The number of methoxy groups -OCH3 is 1. The van der Waals surface area contributed by atoms with Crippen molar-refractivity contribution in [2.24, 2.45) is 4.99 Å². The van der Waals surface area contributed by atoms with Crippen molar-refractivity contribution in [3.63, 3.8) is 0 Å². The molecule has 5 nitrogen and oxygen atoms in total. The zero-order valence-corrected chi connectivity index (χ0v) is 18.1. The number of benzene rings is 1. The Kier molecular flexibility index (Phi) is 8.58. The summed E-state index contributed by atoms with van der Waals surface area (Å²) in [5, 5.41) is 0. The number of ether oxygens (including phenoxy) is 2. The highest BCUT2D eigenvalue weighted by Gasteiger charge is 2.08. The van der Waals surface area contributed by atoms with Crippen LogP contribution >= 0.6 is 15.9 Å². The molecule has 0 aliphatic heterocycles. The molecular formula is C21H28BrN3O2. The quantitative estimate of drug-likeness (QED) is 0.294. The molecule has 0 aliphatic rings. The van der Waals surface area contributed by atoms with Crippen molar-refractivity contribution in [1.29, 1.82) is 0 Å². The Hall–Kier alpha value is -2.08. The van der Waals surface area contributed by atoms with E-state index < -0.39 is 0 Å². The van der Waals surface area contributed by atoms with Gasteiger partial charge in [0, 0.05) is 13.6 Å². The summed E-state index contributed by atoms with van der Waals surface area (Å²) >= 11 is 3.54. The largest absolute Gasteiger partial charge is 0.497 e. The Morgan fingerprint density at radius 1 is 1.22 bits per heavy atom. The van der Waals surface area contributed by atoms with E-state index in [4.69, 9.17) is 9.47 Å². The first-order chi connectivity index (χ1) is 13.0. The lowest BCUT2D eigenvalue weighted by Crippen LogP contribution is -2.14. The van der Waals surface area contributed by atoms with Gasteiger partial charge in [-0.3, -0.25) is 0 Å². The van der Waals surface area contributed by atoms with Gasteiger partial charge in [-0.15, -0.1) is 0 Å². The minimum absolute atomic E-state index is 0.625. The maximum Gasteiger partial charge on any atom is 0.228 e. The molecule has 6 heteroatoms. The van der Waals surface area contributed by atoms with Gasteiger partial charge in [0.1, 0.15) is 5.75 Å². The zero-order valence-electron chi connectivity index (χ0n) is 16.5. The molecule has 0 fully saturated rings. The summed E-state index contributed by atoms with van der Waals surface area (Å²) in [6.45, 7) is 5.58. The van der Waals surface area contributed by atoms with E-state index in [1.54, 1.807) is 7.11 Å². The Labute approximate surface area is 170 Å².